The van der Waals surface area contributed by atoms with Crippen LogP contribution in [0.25, 0.3) is 0 Å². The lowest BCUT2D eigenvalue weighted by atomic mass is 9.48. The molecule has 1 aliphatic carbocycles. The van der Waals surface area contributed by atoms with E-state index in [1.807, 2.05) is 0 Å². The van der Waals surface area contributed by atoms with E-state index in [4.69, 9.17) is 4.74 Å². The maximum Gasteiger partial charge on any atom is 0.329 e. The summed E-state index contributed by atoms with van der Waals surface area (Å²) in [7, 11) is 1.39. The molecule has 0 spiro atoms. The van der Waals surface area contributed by atoms with Crippen LogP contribution in [0.1, 0.15) is 30.6 Å². The summed E-state index contributed by atoms with van der Waals surface area (Å²) in [4.78, 5) is 51.6. The molecule has 3 aliphatic rings. The summed E-state index contributed by atoms with van der Waals surface area (Å²) in [6.45, 7) is 5.08. The molecule has 3 fully saturated rings. The predicted molar refractivity (Wildman–Crippen MR) is 99.6 cm³/mol. The molecule has 8 heteroatoms. The van der Waals surface area contributed by atoms with Gasteiger partial charge in [-0.3, -0.25) is 24.6 Å². The van der Waals surface area contributed by atoms with E-state index in [0.29, 0.717) is 30.8 Å². The van der Waals surface area contributed by atoms with Crippen molar-refractivity contribution in [1.82, 2.24) is 10.2 Å². The van der Waals surface area contributed by atoms with E-state index in [9.17, 15) is 19.2 Å². The van der Waals surface area contributed by atoms with Crippen LogP contribution in [0.15, 0.2) is 24.3 Å². The van der Waals surface area contributed by atoms with Crippen LogP contribution in [0.2, 0.25) is 0 Å². The van der Waals surface area contributed by atoms with Gasteiger partial charge in [0.1, 0.15) is 6.54 Å². The number of esters is 1. The second-order valence-electron chi connectivity index (χ2n) is 8.54. The van der Waals surface area contributed by atoms with Gasteiger partial charge in [0.15, 0.2) is 0 Å². The van der Waals surface area contributed by atoms with E-state index in [0.717, 1.165) is 0 Å². The highest BCUT2D eigenvalue weighted by Gasteiger charge is 2.68. The summed E-state index contributed by atoms with van der Waals surface area (Å²) in [6, 6.07) is 6.11. The number of urea groups is 1. The molecule has 1 aromatic carbocycles. The van der Waals surface area contributed by atoms with Crippen molar-refractivity contribution in [1.29, 1.82) is 0 Å². The first kappa shape index (κ1) is 18.5. The first-order valence-electron chi connectivity index (χ1n) is 9.27. The number of carbonyl (C=O) groups excluding carboxylic acids is 4. The number of methoxy groups -OCH3 is 1. The Kier molecular flexibility index (Phi) is 3.99. The van der Waals surface area contributed by atoms with Crippen molar-refractivity contribution >= 4 is 29.5 Å². The fraction of sp³-hybridized carbons (Fsp3) is 0.500. The Labute approximate surface area is 162 Å². The van der Waals surface area contributed by atoms with Crippen molar-refractivity contribution in [2.45, 2.75) is 20.3 Å². The molecule has 2 atom stereocenters. The number of amides is 4. The molecular weight excluding hydrogens is 362 g/mol. The molecule has 0 radical (unpaired) electrons. The Morgan fingerprint density at radius 3 is 2.39 bits per heavy atom. The highest BCUT2D eigenvalue weighted by molar-refractivity contribution is 6.12. The third-order valence-corrected chi connectivity index (χ3v) is 6.36. The molecule has 2 saturated heterocycles. The Hall–Kier alpha value is -2.90. The number of likely N-dealkylation sites (tertiary alicyclic amines) is 1. The summed E-state index contributed by atoms with van der Waals surface area (Å²) in [5, 5.41) is 2.22. The molecule has 0 bridgehead atoms. The first-order chi connectivity index (χ1) is 13.2. The molecule has 1 saturated carbocycles. The average Bonchev–Trinajstić information content (AvgIpc) is 3.18. The van der Waals surface area contributed by atoms with Crippen molar-refractivity contribution in [3.05, 3.63) is 29.8 Å². The first-order valence-corrected chi connectivity index (χ1v) is 9.27. The fourth-order valence-electron chi connectivity index (χ4n) is 5.14. The van der Waals surface area contributed by atoms with Gasteiger partial charge in [0.2, 0.25) is 5.91 Å². The quantitative estimate of drug-likeness (QED) is 0.627. The second kappa shape index (κ2) is 6.05. The largest absolute Gasteiger partial charge is 0.469 e. The van der Waals surface area contributed by atoms with Crippen LogP contribution in [-0.4, -0.2) is 55.5 Å². The van der Waals surface area contributed by atoms with Gasteiger partial charge in [0, 0.05) is 24.3 Å². The van der Waals surface area contributed by atoms with Gasteiger partial charge in [0.05, 0.1) is 12.5 Å². The Bertz CT molecular complexity index is 878. The maximum absolute atomic E-state index is 13.0. The minimum Gasteiger partial charge on any atom is -0.469 e. The van der Waals surface area contributed by atoms with Gasteiger partial charge in [-0.1, -0.05) is 13.8 Å². The van der Waals surface area contributed by atoms with Gasteiger partial charge in [-0.15, -0.1) is 0 Å². The highest BCUT2D eigenvalue weighted by Crippen LogP contribution is 2.63. The third kappa shape index (κ3) is 2.58. The minimum absolute atomic E-state index is 0.0112. The maximum atomic E-state index is 13.0. The summed E-state index contributed by atoms with van der Waals surface area (Å²) in [5.41, 5.74) is 0.410. The van der Waals surface area contributed by atoms with Crippen LogP contribution < -0.4 is 10.2 Å². The molecule has 28 heavy (non-hydrogen) atoms. The number of imide groups is 1. The van der Waals surface area contributed by atoms with Crippen LogP contribution in [0, 0.1) is 16.7 Å². The van der Waals surface area contributed by atoms with E-state index < -0.39 is 11.4 Å². The van der Waals surface area contributed by atoms with Gasteiger partial charge in [-0.05, 0) is 42.0 Å². The molecule has 2 heterocycles. The number of ether oxygens (including phenoxy) is 1. The van der Waals surface area contributed by atoms with Crippen molar-refractivity contribution in [2.24, 2.45) is 16.7 Å². The van der Waals surface area contributed by atoms with Crippen LogP contribution in [0.4, 0.5) is 10.5 Å². The molecule has 8 nitrogen and oxygen atoms in total. The van der Waals surface area contributed by atoms with Gasteiger partial charge in [-0.25, -0.2) is 4.79 Å². The Balaban J connectivity index is 1.52. The molecule has 2 aliphatic heterocycles. The molecule has 4 rings (SSSR count). The van der Waals surface area contributed by atoms with Gasteiger partial charge < -0.3 is 9.64 Å². The molecular formula is C20H23N3O5. The van der Waals surface area contributed by atoms with Crippen LogP contribution in [0.3, 0.4) is 0 Å². The fourth-order valence-corrected chi connectivity index (χ4v) is 5.14. The topological polar surface area (TPSA) is 96.0 Å². The number of carbonyl (C=O) groups is 4. The summed E-state index contributed by atoms with van der Waals surface area (Å²) in [5.74, 6) is -0.669. The molecule has 148 valence electrons. The predicted octanol–water partition coefficient (Wildman–Crippen LogP) is 1.40. The zero-order valence-electron chi connectivity index (χ0n) is 16.2. The number of nitrogens with one attached hydrogen (secondary N) is 1. The number of benzene rings is 1. The SMILES string of the molecule is COC(=O)[C@@]12CN(C(=O)c3ccc(N4CC(=O)NC4=O)cc3)C[C@@H]1C(C)(C)C2. The van der Waals surface area contributed by atoms with E-state index in [1.54, 1.807) is 29.2 Å². The number of hydrogen-bond acceptors (Lipinski definition) is 5. The lowest BCUT2D eigenvalue weighted by Gasteiger charge is -2.54. The van der Waals surface area contributed by atoms with E-state index >= 15 is 0 Å². The van der Waals surface area contributed by atoms with Crippen molar-refractivity contribution in [3.63, 3.8) is 0 Å². The van der Waals surface area contributed by atoms with Crippen LogP contribution >= 0.6 is 0 Å². The average molecular weight is 385 g/mol. The van der Waals surface area contributed by atoms with Crippen molar-refractivity contribution in [3.8, 4) is 0 Å². The Morgan fingerprint density at radius 1 is 1.18 bits per heavy atom. The smallest absolute Gasteiger partial charge is 0.329 e. The van der Waals surface area contributed by atoms with Crippen LogP contribution in [-0.2, 0) is 14.3 Å². The highest BCUT2D eigenvalue weighted by atomic mass is 16.5. The van der Waals surface area contributed by atoms with Gasteiger partial charge in [-0.2, -0.15) is 0 Å². The number of nitrogens with zero attached hydrogens (tertiary/aromatic N) is 2. The summed E-state index contributed by atoms with van der Waals surface area (Å²) in [6.07, 6.45) is 0.707. The zero-order valence-corrected chi connectivity index (χ0v) is 16.2. The van der Waals surface area contributed by atoms with E-state index in [1.165, 1.54) is 12.0 Å². The standard InChI is InChI=1S/C20H23N3O5/c1-19(2)10-20(17(26)28-3)11-22(8-14(19)20)16(25)12-4-6-13(7-5-12)23-9-15(24)21-18(23)27/h4-7,14H,8-11H2,1-3H3,(H,21,24,27)/t14-,20+/m1/s1. The monoisotopic (exact) mass is 385 g/mol. The third-order valence-electron chi connectivity index (χ3n) is 6.36. The van der Waals surface area contributed by atoms with Crippen molar-refractivity contribution in [2.75, 3.05) is 31.6 Å². The number of anilines is 1. The molecule has 0 aromatic heterocycles. The minimum atomic E-state index is -0.609. The zero-order chi connectivity index (χ0) is 20.3. The summed E-state index contributed by atoms with van der Waals surface area (Å²) >= 11 is 0. The second-order valence-corrected chi connectivity index (χ2v) is 8.54. The van der Waals surface area contributed by atoms with E-state index in [-0.39, 0.29) is 35.7 Å². The molecule has 1 N–H and O–H groups in total. The number of hydrogen-bond donors (Lipinski definition) is 1. The lowest BCUT2D eigenvalue weighted by molar-refractivity contribution is -0.174. The molecule has 1 aromatic rings. The van der Waals surface area contributed by atoms with Gasteiger partial charge in [0.25, 0.3) is 5.91 Å². The molecule has 0 unspecified atom stereocenters. The number of rotatable bonds is 3. The Morgan fingerprint density at radius 2 is 1.86 bits per heavy atom. The van der Waals surface area contributed by atoms with Gasteiger partial charge >= 0.3 is 12.0 Å². The summed E-state index contributed by atoms with van der Waals surface area (Å²) < 4.78 is 5.03. The number of fused-ring (bicyclic) bond motifs is 1. The lowest BCUT2D eigenvalue weighted by Crippen LogP contribution is -2.57. The molecule has 4 amide bonds. The van der Waals surface area contributed by atoms with Crippen molar-refractivity contribution < 1.29 is 23.9 Å². The van der Waals surface area contributed by atoms with Crippen LogP contribution in [0.5, 0.6) is 0 Å². The van der Waals surface area contributed by atoms with E-state index in [2.05, 4.69) is 19.2 Å². The normalized spacial score (nSPS) is 27.9.